The Morgan fingerprint density at radius 1 is 0.766 bits per heavy atom. The van der Waals surface area contributed by atoms with Crippen LogP contribution in [-0.2, 0) is 42.8 Å². The molecule has 0 bridgehead atoms. The van der Waals surface area contributed by atoms with Crippen LogP contribution in [0.2, 0.25) is 0 Å². The number of fused-ring (bicyclic) bond motifs is 1. The summed E-state index contributed by atoms with van der Waals surface area (Å²) >= 11 is 0. The zero-order valence-electron chi connectivity index (χ0n) is 26.7. The molecule has 4 N–H and O–H groups in total. The molecule has 264 valence electrons. The number of benzene rings is 1. The van der Waals surface area contributed by atoms with Gasteiger partial charge < -0.3 is 39.5 Å². The van der Waals surface area contributed by atoms with Crippen LogP contribution in [0.1, 0.15) is 59.2 Å². The first kappa shape index (κ1) is 40.2. The Morgan fingerprint density at radius 3 is 1.89 bits per heavy atom. The van der Waals surface area contributed by atoms with E-state index in [1.807, 2.05) is 0 Å². The maximum absolute atomic E-state index is 13.1. The molecule has 15 nitrogen and oxygen atoms in total. The third-order valence-corrected chi connectivity index (χ3v) is 7.08. The number of nitrogens with two attached hydrogens (primary N) is 1. The number of hydrogen-bond acceptors (Lipinski definition) is 12. The summed E-state index contributed by atoms with van der Waals surface area (Å²) in [5.41, 5.74) is 5.66. The smallest absolute Gasteiger partial charge is 0.264 e. The van der Waals surface area contributed by atoms with E-state index < -0.39 is 35.6 Å². The fourth-order valence-electron chi connectivity index (χ4n) is 4.77. The first-order chi connectivity index (χ1) is 22.4. The highest BCUT2D eigenvalue weighted by Crippen LogP contribution is 2.32. The van der Waals surface area contributed by atoms with E-state index in [9.17, 15) is 24.0 Å². The highest BCUT2D eigenvalue weighted by molar-refractivity contribution is 6.26. The molecule has 2 heterocycles. The van der Waals surface area contributed by atoms with Crippen molar-refractivity contribution < 1.29 is 52.4 Å². The summed E-state index contributed by atoms with van der Waals surface area (Å²) in [6, 6.07) is 3.37. The molecular formula is C31H47ClN4O11. The molecule has 2 aliphatic heterocycles. The number of nitrogens with one attached hydrogen (secondary N) is 2. The Labute approximate surface area is 280 Å². The molecule has 3 rings (SSSR count). The number of imide groups is 2. The van der Waals surface area contributed by atoms with Crippen LogP contribution < -0.4 is 16.4 Å². The van der Waals surface area contributed by atoms with E-state index in [1.54, 1.807) is 0 Å². The van der Waals surface area contributed by atoms with Crippen molar-refractivity contribution in [1.29, 1.82) is 0 Å². The van der Waals surface area contributed by atoms with Crippen molar-refractivity contribution in [3.8, 4) is 0 Å². The number of ether oxygens (including phenoxy) is 6. The molecule has 1 aromatic rings. The van der Waals surface area contributed by atoms with Crippen molar-refractivity contribution in [3.63, 3.8) is 0 Å². The van der Waals surface area contributed by atoms with Gasteiger partial charge in [-0.15, -0.1) is 12.4 Å². The summed E-state index contributed by atoms with van der Waals surface area (Å²) < 4.78 is 32.6. The lowest BCUT2D eigenvalue weighted by Crippen LogP contribution is -2.54. The van der Waals surface area contributed by atoms with Gasteiger partial charge in [-0.2, -0.15) is 0 Å². The molecule has 0 radical (unpaired) electrons. The minimum absolute atomic E-state index is 0. The third kappa shape index (κ3) is 13.9. The number of nitrogens with zero attached hydrogens (tertiary/aromatic N) is 1. The number of amides is 5. The zero-order valence-corrected chi connectivity index (χ0v) is 27.5. The lowest BCUT2D eigenvalue weighted by molar-refractivity contribution is -0.136. The minimum atomic E-state index is -1.09. The Morgan fingerprint density at radius 2 is 1.32 bits per heavy atom. The lowest BCUT2D eigenvalue weighted by Gasteiger charge is -2.27. The van der Waals surface area contributed by atoms with Gasteiger partial charge in [0.15, 0.2) is 0 Å². The molecule has 0 saturated carbocycles. The Balaban J connectivity index is 0.00000768. The topological polar surface area (TPSA) is 194 Å². The van der Waals surface area contributed by atoms with E-state index in [0.717, 1.165) is 43.7 Å². The molecule has 16 heteroatoms. The van der Waals surface area contributed by atoms with Gasteiger partial charge in [0.2, 0.25) is 17.7 Å². The standard InChI is InChI=1S/C31H46N4O11.ClH/c32-10-3-1-2-4-11-41-12-13-42-14-15-43-16-17-44-18-19-45-20-21-46-22-27(37)33-24-7-5-6-23-28(24)31(40)35(30(23)39)25-8-9-26(36)34-29(25)38;/h5-7,25H,1-4,8-22,32H2,(H,33,37)(H,34,36,38);1H. The van der Waals surface area contributed by atoms with Crippen LogP contribution in [0.5, 0.6) is 0 Å². The summed E-state index contributed by atoms with van der Waals surface area (Å²) in [4.78, 5) is 63.1. The number of halogens is 1. The van der Waals surface area contributed by atoms with Crippen molar-refractivity contribution in [3.05, 3.63) is 29.3 Å². The van der Waals surface area contributed by atoms with E-state index in [2.05, 4.69) is 10.6 Å². The maximum Gasteiger partial charge on any atom is 0.264 e. The average Bonchev–Trinajstić information content (AvgIpc) is 3.29. The molecule has 1 unspecified atom stereocenters. The highest BCUT2D eigenvalue weighted by atomic mass is 35.5. The van der Waals surface area contributed by atoms with Gasteiger partial charge in [-0.3, -0.25) is 34.2 Å². The quantitative estimate of drug-likeness (QED) is 0.0980. The van der Waals surface area contributed by atoms with E-state index in [4.69, 9.17) is 34.2 Å². The average molecular weight is 687 g/mol. The molecule has 0 spiro atoms. The van der Waals surface area contributed by atoms with Gasteiger partial charge in [0, 0.05) is 13.0 Å². The van der Waals surface area contributed by atoms with Crippen LogP contribution in [0, 0.1) is 0 Å². The van der Waals surface area contributed by atoms with Crippen LogP contribution in [0.25, 0.3) is 0 Å². The summed E-state index contributed by atoms with van der Waals surface area (Å²) in [5, 5.41) is 4.74. The van der Waals surface area contributed by atoms with Gasteiger partial charge in [0.05, 0.1) is 82.9 Å². The Kier molecular flexibility index (Phi) is 19.9. The molecule has 1 fully saturated rings. The molecule has 1 atom stereocenters. The summed E-state index contributed by atoms with van der Waals surface area (Å²) in [5.74, 6) is -3.05. The van der Waals surface area contributed by atoms with Crippen molar-refractivity contribution in [2.75, 3.05) is 91.1 Å². The third-order valence-electron chi connectivity index (χ3n) is 7.08. The SMILES string of the molecule is Cl.NCCCCCCOCCOCCOCCOCCOCCOCC(=O)Nc1cccc2c1C(=O)N(C1CCC(=O)NC1=O)C2=O. The molecule has 2 aliphatic rings. The molecule has 0 aliphatic carbocycles. The fraction of sp³-hybridized carbons (Fsp3) is 0.645. The molecule has 47 heavy (non-hydrogen) atoms. The number of rotatable bonds is 25. The highest BCUT2D eigenvalue weighted by Gasteiger charge is 2.45. The van der Waals surface area contributed by atoms with Crippen LogP contribution in [0.15, 0.2) is 18.2 Å². The van der Waals surface area contributed by atoms with Crippen molar-refractivity contribution in [2.24, 2.45) is 5.73 Å². The first-order valence-corrected chi connectivity index (χ1v) is 15.7. The Bertz CT molecular complexity index is 1160. The van der Waals surface area contributed by atoms with Gasteiger partial charge in [-0.05, 0) is 37.9 Å². The van der Waals surface area contributed by atoms with Crippen molar-refractivity contribution >= 4 is 47.6 Å². The van der Waals surface area contributed by atoms with E-state index >= 15 is 0 Å². The molecule has 0 aromatic heterocycles. The normalized spacial score (nSPS) is 15.9. The predicted molar refractivity (Wildman–Crippen MR) is 171 cm³/mol. The van der Waals surface area contributed by atoms with Gasteiger partial charge in [0.25, 0.3) is 11.8 Å². The zero-order chi connectivity index (χ0) is 33.0. The summed E-state index contributed by atoms with van der Waals surface area (Å²) in [6.45, 7) is 5.29. The van der Waals surface area contributed by atoms with Gasteiger partial charge in [0.1, 0.15) is 12.6 Å². The molecule has 1 aromatic carbocycles. The summed E-state index contributed by atoms with van der Waals surface area (Å²) in [6.07, 6.45) is 4.46. The van der Waals surface area contributed by atoms with Crippen LogP contribution in [0.4, 0.5) is 5.69 Å². The van der Waals surface area contributed by atoms with Crippen LogP contribution in [-0.4, -0.2) is 126 Å². The Hall–Kier alpha value is -3.02. The first-order valence-electron chi connectivity index (χ1n) is 15.7. The maximum atomic E-state index is 13.1. The number of piperidine rings is 1. The van der Waals surface area contributed by atoms with Crippen LogP contribution >= 0.6 is 12.4 Å². The summed E-state index contributed by atoms with van der Waals surface area (Å²) in [7, 11) is 0. The second-order valence-electron chi connectivity index (χ2n) is 10.5. The van der Waals surface area contributed by atoms with Gasteiger partial charge in [-0.25, -0.2) is 0 Å². The van der Waals surface area contributed by atoms with Gasteiger partial charge in [-0.1, -0.05) is 18.9 Å². The number of hydrogen-bond donors (Lipinski definition) is 3. The van der Waals surface area contributed by atoms with Crippen molar-refractivity contribution in [2.45, 2.75) is 44.6 Å². The number of carbonyl (C=O) groups is 5. The number of carbonyl (C=O) groups excluding carboxylic acids is 5. The number of unbranched alkanes of at least 4 members (excludes halogenated alkanes) is 3. The molecular weight excluding hydrogens is 640 g/mol. The van der Waals surface area contributed by atoms with E-state index in [0.29, 0.717) is 52.9 Å². The van der Waals surface area contributed by atoms with Gasteiger partial charge >= 0.3 is 0 Å². The van der Waals surface area contributed by atoms with Crippen molar-refractivity contribution in [1.82, 2.24) is 10.2 Å². The fourth-order valence-corrected chi connectivity index (χ4v) is 4.77. The lowest BCUT2D eigenvalue weighted by atomic mass is 10.0. The second kappa shape index (κ2) is 23.3. The van der Waals surface area contributed by atoms with E-state index in [-0.39, 0.29) is 61.9 Å². The number of anilines is 1. The molecule has 5 amide bonds. The largest absolute Gasteiger partial charge is 0.379 e. The van der Waals surface area contributed by atoms with E-state index in [1.165, 1.54) is 18.2 Å². The monoisotopic (exact) mass is 686 g/mol. The van der Waals surface area contributed by atoms with Crippen LogP contribution in [0.3, 0.4) is 0 Å². The molecule has 1 saturated heterocycles. The predicted octanol–water partition coefficient (Wildman–Crippen LogP) is 1.07. The minimum Gasteiger partial charge on any atom is -0.379 e. The second-order valence-corrected chi connectivity index (χ2v) is 10.5.